The summed E-state index contributed by atoms with van der Waals surface area (Å²) in [5.74, 6) is -0.409. The molecule has 0 spiro atoms. The Morgan fingerprint density at radius 2 is 1.65 bits per heavy atom. The molecule has 1 N–H and O–H groups in total. The van der Waals surface area contributed by atoms with Crippen molar-refractivity contribution in [2.75, 3.05) is 43.4 Å². The van der Waals surface area contributed by atoms with Gasteiger partial charge in [-0.3, -0.25) is 4.79 Å². The first kappa shape index (κ1) is 26.5. The summed E-state index contributed by atoms with van der Waals surface area (Å²) < 4.78 is 27.8. The van der Waals surface area contributed by atoms with Gasteiger partial charge in [0.2, 0.25) is 0 Å². The van der Waals surface area contributed by atoms with E-state index in [0.717, 1.165) is 45.6 Å². The van der Waals surface area contributed by atoms with E-state index < -0.39 is 9.84 Å². The number of halogens is 2. The van der Waals surface area contributed by atoms with Gasteiger partial charge < -0.3 is 15.1 Å². The average molecular weight is 663 g/mol. The highest BCUT2D eigenvalue weighted by atomic mass is 79.9. The molecule has 2 aliphatic rings. The fourth-order valence-corrected chi connectivity index (χ4v) is 8.29. The molecule has 2 heterocycles. The summed E-state index contributed by atoms with van der Waals surface area (Å²) in [4.78, 5) is 19.1. The van der Waals surface area contributed by atoms with Crippen molar-refractivity contribution < 1.29 is 13.2 Å². The molecule has 5 rings (SSSR count). The highest BCUT2D eigenvalue weighted by molar-refractivity contribution is 9.11. The fraction of sp³-hybridized carbons (Fsp3) is 0.222. The molecule has 0 aromatic heterocycles. The number of rotatable bonds is 5. The van der Waals surface area contributed by atoms with Gasteiger partial charge in [0.05, 0.1) is 21.2 Å². The molecule has 0 bridgehead atoms. The molecular formula is C27H25Br2N3O3S2. The quantitative estimate of drug-likeness (QED) is 0.337. The van der Waals surface area contributed by atoms with Crippen molar-refractivity contribution in [3.05, 3.63) is 85.6 Å². The summed E-state index contributed by atoms with van der Waals surface area (Å²) in [5, 5.41) is 2.87. The maximum atomic E-state index is 13.2. The van der Waals surface area contributed by atoms with Crippen molar-refractivity contribution in [1.82, 2.24) is 4.90 Å². The van der Waals surface area contributed by atoms with Crippen LogP contribution in [0.3, 0.4) is 0 Å². The molecule has 2 aliphatic heterocycles. The third kappa shape index (κ3) is 5.98. The fourth-order valence-electron chi connectivity index (χ4n) is 4.27. The lowest BCUT2D eigenvalue weighted by Crippen LogP contribution is -2.44. The Bertz CT molecular complexity index is 1460. The zero-order chi connectivity index (χ0) is 26.2. The van der Waals surface area contributed by atoms with Crippen LogP contribution in [0.4, 0.5) is 11.4 Å². The Labute approximate surface area is 238 Å². The van der Waals surface area contributed by atoms with Crippen LogP contribution in [0.25, 0.3) is 6.08 Å². The van der Waals surface area contributed by atoms with Gasteiger partial charge in [0.15, 0.2) is 9.84 Å². The summed E-state index contributed by atoms with van der Waals surface area (Å²) in [7, 11) is -1.49. The first-order valence-corrected chi connectivity index (χ1v) is 15.8. The van der Waals surface area contributed by atoms with Crippen molar-refractivity contribution in [2.45, 2.75) is 15.5 Å². The van der Waals surface area contributed by atoms with E-state index in [1.165, 1.54) is 17.4 Å². The molecule has 6 nitrogen and oxygen atoms in total. The monoisotopic (exact) mass is 661 g/mol. The number of sulfone groups is 1. The third-order valence-electron chi connectivity index (χ3n) is 6.46. The highest BCUT2D eigenvalue weighted by Crippen LogP contribution is 2.40. The number of nitrogens with one attached hydrogen (secondary N) is 1. The van der Waals surface area contributed by atoms with Crippen LogP contribution in [0.1, 0.15) is 11.1 Å². The van der Waals surface area contributed by atoms with E-state index in [0.29, 0.717) is 16.2 Å². The van der Waals surface area contributed by atoms with Gasteiger partial charge in [-0.1, -0.05) is 61.8 Å². The summed E-state index contributed by atoms with van der Waals surface area (Å²) >= 11 is 8.21. The number of likely N-dealkylation sites (N-methyl/N-ethyl adjacent to an activating group) is 1. The van der Waals surface area contributed by atoms with E-state index >= 15 is 0 Å². The van der Waals surface area contributed by atoms with Crippen molar-refractivity contribution in [3.63, 3.8) is 0 Å². The van der Waals surface area contributed by atoms with Crippen LogP contribution in [0.5, 0.6) is 0 Å². The van der Waals surface area contributed by atoms with Gasteiger partial charge >= 0.3 is 0 Å². The third-order valence-corrected chi connectivity index (χ3v) is 10.7. The molecule has 0 unspecified atom stereocenters. The first-order chi connectivity index (χ1) is 17.7. The number of amides is 1. The molecule has 0 saturated carbocycles. The summed E-state index contributed by atoms with van der Waals surface area (Å²) in [6.45, 7) is 4.10. The number of nitrogens with zero attached hydrogens (tertiary/aromatic N) is 2. The van der Waals surface area contributed by atoms with Crippen LogP contribution in [0.2, 0.25) is 0 Å². The number of fused-ring (bicyclic) bond motifs is 1. The van der Waals surface area contributed by atoms with E-state index in [9.17, 15) is 13.2 Å². The Hall–Kier alpha value is -2.11. The highest BCUT2D eigenvalue weighted by Gasteiger charge is 2.25. The average Bonchev–Trinajstić information content (AvgIpc) is 2.87. The summed E-state index contributed by atoms with van der Waals surface area (Å²) in [5.41, 5.74) is 3.29. The molecule has 37 heavy (non-hydrogen) atoms. The van der Waals surface area contributed by atoms with Gasteiger partial charge in [0, 0.05) is 45.7 Å². The number of carbonyl (C=O) groups excluding carboxylic acids is 1. The lowest BCUT2D eigenvalue weighted by molar-refractivity contribution is -0.112. The van der Waals surface area contributed by atoms with E-state index in [4.69, 9.17) is 0 Å². The van der Waals surface area contributed by atoms with E-state index in [1.807, 2.05) is 36.4 Å². The smallest absolute Gasteiger partial charge is 0.262 e. The molecule has 1 fully saturated rings. The van der Waals surface area contributed by atoms with E-state index in [1.54, 1.807) is 18.2 Å². The van der Waals surface area contributed by atoms with Crippen LogP contribution < -0.4 is 10.2 Å². The lowest BCUT2D eigenvalue weighted by Gasteiger charge is -2.34. The van der Waals surface area contributed by atoms with E-state index in [2.05, 4.69) is 66.2 Å². The van der Waals surface area contributed by atoms with Gasteiger partial charge in [-0.15, -0.1) is 0 Å². The predicted octanol–water partition coefficient (Wildman–Crippen LogP) is 6.02. The van der Waals surface area contributed by atoms with Crippen molar-refractivity contribution in [3.8, 4) is 0 Å². The van der Waals surface area contributed by atoms with Gasteiger partial charge in [-0.25, -0.2) is 8.42 Å². The Balaban J connectivity index is 1.33. The lowest BCUT2D eigenvalue weighted by atomic mass is 10.1. The van der Waals surface area contributed by atoms with Crippen molar-refractivity contribution in [2.24, 2.45) is 0 Å². The van der Waals surface area contributed by atoms with Crippen LogP contribution in [-0.2, 0) is 20.4 Å². The number of anilines is 2. The topological polar surface area (TPSA) is 69.7 Å². The number of hydrogen-bond donors (Lipinski definition) is 1. The Kier molecular flexibility index (Phi) is 7.83. The zero-order valence-corrected chi connectivity index (χ0v) is 24.9. The number of carbonyl (C=O) groups is 1. The number of hydrogen-bond acceptors (Lipinski definition) is 6. The van der Waals surface area contributed by atoms with E-state index in [-0.39, 0.29) is 16.6 Å². The molecule has 192 valence electrons. The second-order valence-corrected chi connectivity index (χ2v) is 13.8. The predicted molar refractivity (Wildman–Crippen MR) is 158 cm³/mol. The SMILES string of the molecule is CN1CCN(c2ccc(/C=C3\Sc4ccc(S(=O)(=O)Cc5c(Br)cccc5Br)cc4NC3=O)cc2)CC1. The van der Waals surface area contributed by atoms with Crippen LogP contribution in [-0.4, -0.2) is 52.5 Å². The molecule has 10 heteroatoms. The summed E-state index contributed by atoms with van der Waals surface area (Å²) in [6.07, 6.45) is 1.87. The minimum Gasteiger partial charge on any atom is -0.369 e. The minimum absolute atomic E-state index is 0.163. The molecule has 0 aliphatic carbocycles. The number of benzene rings is 3. The summed E-state index contributed by atoms with van der Waals surface area (Å²) in [6, 6.07) is 18.6. The van der Waals surface area contributed by atoms with Crippen molar-refractivity contribution in [1.29, 1.82) is 0 Å². The van der Waals surface area contributed by atoms with Gasteiger partial charge in [0.25, 0.3) is 5.91 Å². The molecule has 3 aromatic carbocycles. The maximum absolute atomic E-state index is 13.2. The van der Waals surface area contributed by atoms with Crippen LogP contribution in [0, 0.1) is 0 Å². The minimum atomic E-state index is -3.63. The van der Waals surface area contributed by atoms with Gasteiger partial charge in [-0.05, 0) is 66.7 Å². The molecular weight excluding hydrogens is 638 g/mol. The Morgan fingerprint density at radius 3 is 2.32 bits per heavy atom. The molecule has 1 saturated heterocycles. The first-order valence-electron chi connectivity index (χ1n) is 11.7. The molecule has 0 radical (unpaired) electrons. The standard InChI is InChI=1S/C27H25Br2N3O3S2/c1-31-11-13-32(14-12-31)19-7-5-18(6-8-19)15-26-27(33)30-24-16-20(9-10-25(24)36-26)37(34,35)17-21-22(28)3-2-4-23(21)29/h2-10,15-16H,11-14,17H2,1H3,(H,30,33)/b26-15-. The van der Waals surface area contributed by atoms with Crippen LogP contribution in [0.15, 0.2) is 84.3 Å². The number of thioether (sulfide) groups is 1. The molecule has 0 atom stereocenters. The molecule has 3 aromatic rings. The largest absolute Gasteiger partial charge is 0.369 e. The normalized spacial score (nSPS) is 17.5. The van der Waals surface area contributed by atoms with Gasteiger partial charge in [0.1, 0.15) is 0 Å². The Morgan fingerprint density at radius 1 is 0.973 bits per heavy atom. The second kappa shape index (κ2) is 10.9. The second-order valence-electron chi connectivity index (χ2n) is 9.06. The maximum Gasteiger partial charge on any atom is 0.262 e. The van der Waals surface area contributed by atoms with Crippen LogP contribution >= 0.6 is 43.6 Å². The number of piperazine rings is 1. The molecule has 1 amide bonds. The van der Waals surface area contributed by atoms with Gasteiger partial charge in [-0.2, -0.15) is 0 Å². The van der Waals surface area contributed by atoms with Crippen molar-refractivity contribution >= 4 is 76.8 Å². The zero-order valence-electron chi connectivity index (χ0n) is 20.1.